The fraction of sp³-hybridized carbons (Fsp3) is 0.412. The molecule has 0 radical (unpaired) electrons. The zero-order valence-corrected chi connectivity index (χ0v) is 15.2. The van der Waals surface area contributed by atoms with Gasteiger partial charge in [0.25, 0.3) is 0 Å². The molecule has 7 heteroatoms. The molecule has 126 valence electrons. The van der Waals surface area contributed by atoms with Gasteiger partial charge < -0.3 is 9.64 Å². The zero-order chi connectivity index (χ0) is 17.1. The fourth-order valence-electron chi connectivity index (χ4n) is 2.30. The van der Waals surface area contributed by atoms with Gasteiger partial charge >= 0.3 is 6.01 Å². The lowest BCUT2D eigenvalue weighted by Gasteiger charge is -2.11. The normalized spacial score (nSPS) is 12.7. The molecule has 0 spiro atoms. The average Bonchev–Trinajstić information content (AvgIpc) is 3.00. The number of pyridine rings is 1. The van der Waals surface area contributed by atoms with E-state index in [4.69, 9.17) is 9.72 Å². The molecule has 3 rings (SSSR count). The summed E-state index contributed by atoms with van der Waals surface area (Å²) < 4.78 is 6.78. The minimum atomic E-state index is 0.0843. The molecular weight excluding hydrogens is 322 g/mol. The minimum Gasteiger partial charge on any atom is -0.462 e. The van der Waals surface area contributed by atoms with Crippen molar-refractivity contribution < 1.29 is 4.74 Å². The summed E-state index contributed by atoms with van der Waals surface area (Å²) in [5, 5.41) is 1.03. The SMILES string of the molecule is Cc1nccc2sc(C(C)c3ccnc(OCCN(C)C)n3)nc12. The van der Waals surface area contributed by atoms with Crippen LogP contribution < -0.4 is 4.74 Å². The summed E-state index contributed by atoms with van der Waals surface area (Å²) in [5.74, 6) is 0.0843. The molecule has 24 heavy (non-hydrogen) atoms. The van der Waals surface area contributed by atoms with Crippen LogP contribution >= 0.6 is 11.3 Å². The molecule has 0 saturated carbocycles. The first-order valence-corrected chi connectivity index (χ1v) is 8.68. The van der Waals surface area contributed by atoms with Gasteiger partial charge in [-0.15, -0.1) is 11.3 Å². The van der Waals surface area contributed by atoms with Gasteiger partial charge in [-0.05, 0) is 33.2 Å². The first-order valence-electron chi connectivity index (χ1n) is 7.87. The highest BCUT2D eigenvalue weighted by Crippen LogP contribution is 2.31. The summed E-state index contributed by atoms with van der Waals surface area (Å²) in [4.78, 5) is 19.8. The van der Waals surface area contributed by atoms with E-state index in [0.717, 1.165) is 33.2 Å². The predicted molar refractivity (Wildman–Crippen MR) is 95.8 cm³/mol. The molecule has 3 heterocycles. The second-order valence-electron chi connectivity index (χ2n) is 5.93. The lowest BCUT2D eigenvalue weighted by molar-refractivity contribution is 0.244. The molecule has 6 nitrogen and oxygen atoms in total. The van der Waals surface area contributed by atoms with E-state index >= 15 is 0 Å². The van der Waals surface area contributed by atoms with Crippen molar-refractivity contribution in [1.29, 1.82) is 0 Å². The summed E-state index contributed by atoms with van der Waals surface area (Å²) in [5.41, 5.74) is 2.84. The second kappa shape index (κ2) is 7.19. The number of fused-ring (bicyclic) bond motifs is 1. The van der Waals surface area contributed by atoms with Crippen LogP contribution in [0.3, 0.4) is 0 Å². The van der Waals surface area contributed by atoms with Crippen molar-refractivity contribution in [1.82, 2.24) is 24.8 Å². The Morgan fingerprint density at radius 3 is 2.71 bits per heavy atom. The van der Waals surface area contributed by atoms with Crippen LogP contribution in [0.2, 0.25) is 0 Å². The minimum absolute atomic E-state index is 0.0843. The number of nitrogens with zero attached hydrogens (tertiary/aromatic N) is 5. The highest BCUT2D eigenvalue weighted by Gasteiger charge is 2.17. The number of likely N-dealkylation sites (N-methyl/N-ethyl adjacent to an activating group) is 1. The molecule has 0 aliphatic rings. The molecule has 0 aliphatic carbocycles. The monoisotopic (exact) mass is 343 g/mol. The first-order chi connectivity index (χ1) is 11.5. The van der Waals surface area contributed by atoms with Gasteiger partial charge in [-0.3, -0.25) is 4.98 Å². The quantitative estimate of drug-likeness (QED) is 0.686. The van der Waals surface area contributed by atoms with E-state index < -0.39 is 0 Å². The van der Waals surface area contributed by atoms with E-state index in [9.17, 15) is 0 Å². The van der Waals surface area contributed by atoms with Gasteiger partial charge in [0.05, 0.1) is 22.0 Å². The van der Waals surface area contributed by atoms with Gasteiger partial charge in [0, 0.05) is 18.9 Å². The molecule has 0 aliphatic heterocycles. The summed E-state index contributed by atoms with van der Waals surface area (Å²) >= 11 is 1.68. The molecular formula is C17H21N5OS. The number of hydrogen-bond donors (Lipinski definition) is 0. The van der Waals surface area contributed by atoms with E-state index in [2.05, 4.69) is 26.8 Å². The fourth-order valence-corrected chi connectivity index (χ4v) is 3.37. The molecule has 0 saturated heterocycles. The van der Waals surface area contributed by atoms with Crippen molar-refractivity contribution in [3.05, 3.63) is 40.9 Å². The Kier molecular flexibility index (Phi) is 5.01. The molecule has 0 N–H and O–H groups in total. The van der Waals surface area contributed by atoms with E-state index in [1.807, 2.05) is 39.3 Å². The van der Waals surface area contributed by atoms with E-state index in [1.165, 1.54) is 0 Å². The van der Waals surface area contributed by atoms with E-state index in [1.54, 1.807) is 17.5 Å². The van der Waals surface area contributed by atoms with E-state index in [-0.39, 0.29) is 5.92 Å². The number of hydrogen-bond acceptors (Lipinski definition) is 7. The van der Waals surface area contributed by atoms with Crippen LogP contribution in [-0.4, -0.2) is 52.1 Å². The molecule has 0 amide bonds. The summed E-state index contributed by atoms with van der Waals surface area (Å²) in [7, 11) is 4.01. The van der Waals surface area contributed by atoms with Crippen molar-refractivity contribution in [3.8, 4) is 6.01 Å². The molecule has 3 aromatic rings. The number of rotatable bonds is 6. The Morgan fingerprint density at radius 2 is 1.96 bits per heavy atom. The maximum Gasteiger partial charge on any atom is 0.316 e. The summed E-state index contributed by atoms with van der Waals surface area (Å²) in [6, 6.07) is 4.34. The molecule has 0 aromatic carbocycles. The smallest absolute Gasteiger partial charge is 0.316 e. The standard InChI is InChI=1S/C17H21N5OS/c1-11(16-21-15-12(2)18-8-6-14(15)24-16)13-5-7-19-17(20-13)23-10-9-22(3)4/h5-8,11H,9-10H2,1-4H3. The highest BCUT2D eigenvalue weighted by atomic mass is 32.1. The molecule has 3 aromatic heterocycles. The average molecular weight is 343 g/mol. The van der Waals surface area contributed by atoms with Gasteiger partial charge in [-0.1, -0.05) is 6.92 Å². The van der Waals surface area contributed by atoms with Gasteiger partial charge in [0.15, 0.2) is 0 Å². The van der Waals surface area contributed by atoms with Crippen LogP contribution in [0.4, 0.5) is 0 Å². The van der Waals surface area contributed by atoms with Crippen molar-refractivity contribution in [3.63, 3.8) is 0 Å². The topological polar surface area (TPSA) is 64.0 Å². The van der Waals surface area contributed by atoms with Crippen LogP contribution in [0.15, 0.2) is 24.5 Å². The molecule has 0 fully saturated rings. The number of aromatic nitrogens is 4. The number of ether oxygens (including phenoxy) is 1. The largest absolute Gasteiger partial charge is 0.462 e. The van der Waals surface area contributed by atoms with Crippen molar-refractivity contribution >= 4 is 21.6 Å². The third-order valence-corrected chi connectivity index (χ3v) is 4.95. The predicted octanol–water partition coefficient (Wildman–Crippen LogP) is 2.88. The molecule has 0 bridgehead atoms. The van der Waals surface area contributed by atoms with Crippen LogP contribution in [0, 0.1) is 6.92 Å². The van der Waals surface area contributed by atoms with Crippen LogP contribution in [0.1, 0.15) is 29.2 Å². The summed E-state index contributed by atoms with van der Waals surface area (Å²) in [6.07, 6.45) is 3.57. The zero-order valence-electron chi connectivity index (χ0n) is 14.4. The van der Waals surface area contributed by atoms with Gasteiger partial charge in [-0.25, -0.2) is 9.97 Å². The third kappa shape index (κ3) is 3.68. The van der Waals surface area contributed by atoms with Crippen LogP contribution in [0.5, 0.6) is 6.01 Å². The molecule has 1 unspecified atom stereocenters. The Bertz CT molecular complexity index is 833. The van der Waals surface area contributed by atoms with E-state index in [0.29, 0.717) is 12.6 Å². The van der Waals surface area contributed by atoms with Crippen molar-refractivity contribution in [2.45, 2.75) is 19.8 Å². The third-order valence-electron chi connectivity index (χ3n) is 3.75. The maximum absolute atomic E-state index is 5.63. The lowest BCUT2D eigenvalue weighted by Crippen LogP contribution is -2.20. The van der Waals surface area contributed by atoms with Gasteiger partial charge in [-0.2, -0.15) is 4.98 Å². The Labute approximate surface area is 145 Å². The Morgan fingerprint density at radius 1 is 1.17 bits per heavy atom. The van der Waals surface area contributed by atoms with Crippen LogP contribution in [-0.2, 0) is 0 Å². The van der Waals surface area contributed by atoms with Crippen molar-refractivity contribution in [2.75, 3.05) is 27.2 Å². The van der Waals surface area contributed by atoms with Gasteiger partial charge in [0.2, 0.25) is 0 Å². The number of thiazole rings is 1. The highest BCUT2D eigenvalue weighted by molar-refractivity contribution is 7.18. The second-order valence-corrected chi connectivity index (χ2v) is 6.99. The number of aryl methyl sites for hydroxylation is 1. The summed E-state index contributed by atoms with van der Waals surface area (Å²) in [6.45, 7) is 5.48. The van der Waals surface area contributed by atoms with Crippen LogP contribution in [0.25, 0.3) is 10.2 Å². The maximum atomic E-state index is 5.63. The lowest BCUT2D eigenvalue weighted by atomic mass is 10.1. The molecule has 1 atom stereocenters. The van der Waals surface area contributed by atoms with Crippen molar-refractivity contribution in [2.24, 2.45) is 0 Å². The Hall–Kier alpha value is -2.12. The van der Waals surface area contributed by atoms with Gasteiger partial charge in [0.1, 0.15) is 17.1 Å². The first kappa shape index (κ1) is 16.7. The Balaban J connectivity index is 1.80.